The molecule has 4 aromatic rings. The second-order valence-corrected chi connectivity index (χ2v) is 10.9. The minimum atomic E-state index is 0.0108. The van der Waals surface area contributed by atoms with E-state index in [4.69, 9.17) is 10.8 Å². The van der Waals surface area contributed by atoms with Gasteiger partial charge in [0.25, 0.3) is 0 Å². The molecule has 1 saturated heterocycles. The fourth-order valence-corrected chi connectivity index (χ4v) is 5.17. The molecule has 0 spiro atoms. The number of hydrogen-bond acceptors (Lipinski definition) is 4. The number of nitrogens with zero attached hydrogens (tertiary/aromatic N) is 1. The van der Waals surface area contributed by atoms with Crippen molar-refractivity contribution in [2.24, 2.45) is 5.92 Å². The molecular weight excluding hydrogens is 520 g/mol. The normalized spacial score (nSPS) is 13.2. The first-order chi connectivity index (χ1) is 20.4. The second kappa shape index (κ2) is 15.7. The standard InChI is InChI=1S/C26H35N5O.C9H9N/c1-2-20-8-10-22(11-9-20)19-31(24(27)13-12-21-6-4-3-5-7-21)25(28)18-30-26(32)23-14-16-29-17-15-23;1-7-6-10-9-5-3-2-4-8(7)9/h3-11,23,27-29H,2,12-19H2,1H3,(H,30,32);2-6,10H,1H3. The van der Waals surface area contributed by atoms with Crippen LogP contribution < -0.4 is 10.6 Å². The van der Waals surface area contributed by atoms with Crippen LogP contribution in [-0.2, 0) is 24.2 Å². The van der Waals surface area contributed by atoms with Crippen LogP contribution in [0.2, 0.25) is 0 Å². The number of aromatic nitrogens is 1. The van der Waals surface area contributed by atoms with Crippen LogP contribution >= 0.6 is 0 Å². The molecule has 2 heterocycles. The molecule has 1 amide bonds. The number of para-hydroxylation sites is 1. The Morgan fingerprint density at radius 1 is 0.881 bits per heavy atom. The van der Waals surface area contributed by atoms with Gasteiger partial charge < -0.3 is 20.5 Å². The van der Waals surface area contributed by atoms with Crippen LogP contribution in [0.1, 0.15) is 48.4 Å². The Labute approximate surface area is 249 Å². The number of nitrogens with one attached hydrogen (secondary N) is 5. The quantitative estimate of drug-likeness (QED) is 0.123. The lowest BCUT2D eigenvalue weighted by atomic mass is 9.97. The van der Waals surface area contributed by atoms with Gasteiger partial charge in [-0.3, -0.25) is 15.6 Å². The average Bonchev–Trinajstić information content (AvgIpc) is 3.43. The van der Waals surface area contributed by atoms with E-state index in [2.05, 4.69) is 84.1 Å². The Hall–Kier alpha value is -4.23. The minimum Gasteiger partial charge on any atom is -0.361 e. The Balaban J connectivity index is 0.000000337. The predicted octanol–water partition coefficient (Wildman–Crippen LogP) is 6.23. The number of carbonyl (C=O) groups excluding carboxylic acids is 1. The van der Waals surface area contributed by atoms with Crippen LogP contribution in [-0.4, -0.2) is 47.1 Å². The molecule has 1 fully saturated rings. The van der Waals surface area contributed by atoms with Crippen molar-refractivity contribution in [3.05, 3.63) is 107 Å². The molecule has 0 atom stereocenters. The summed E-state index contributed by atoms with van der Waals surface area (Å²) in [5.74, 6) is 0.676. The third kappa shape index (κ3) is 8.88. The van der Waals surface area contributed by atoms with Gasteiger partial charge in [-0.2, -0.15) is 0 Å². The number of H-pyrrole nitrogens is 1. The van der Waals surface area contributed by atoms with Gasteiger partial charge in [0.15, 0.2) is 0 Å². The summed E-state index contributed by atoms with van der Waals surface area (Å²) < 4.78 is 0. The first-order valence-electron chi connectivity index (χ1n) is 15.0. The molecule has 3 aromatic carbocycles. The largest absolute Gasteiger partial charge is 0.361 e. The fraction of sp³-hybridized carbons (Fsp3) is 0.343. The van der Waals surface area contributed by atoms with Gasteiger partial charge >= 0.3 is 0 Å². The maximum atomic E-state index is 12.5. The third-order valence-electron chi connectivity index (χ3n) is 7.85. The van der Waals surface area contributed by atoms with Crippen molar-refractivity contribution in [2.75, 3.05) is 19.6 Å². The van der Waals surface area contributed by atoms with Gasteiger partial charge in [-0.25, -0.2) is 0 Å². The summed E-state index contributed by atoms with van der Waals surface area (Å²) >= 11 is 0. The van der Waals surface area contributed by atoms with E-state index in [0.717, 1.165) is 44.3 Å². The smallest absolute Gasteiger partial charge is 0.223 e. The number of amides is 1. The average molecular weight is 565 g/mol. The second-order valence-electron chi connectivity index (χ2n) is 10.9. The van der Waals surface area contributed by atoms with E-state index in [-0.39, 0.29) is 24.2 Å². The van der Waals surface area contributed by atoms with E-state index in [1.54, 1.807) is 4.90 Å². The summed E-state index contributed by atoms with van der Waals surface area (Å²) in [6.07, 6.45) is 5.97. The van der Waals surface area contributed by atoms with E-state index >= 15 is 0 Å². The highest BCUT2D eigenvalue weighted by molar-refractivity contribution is 6.00. The molecule has 7 heteroatoms. The summed E-state index contributed by atoms with van der Waals surface area (Å²) in [5, 5.41) is 24.9. The van der Waals surface area contributed by atoms with Crippen molar-refractivity contribution in [3.63, 3.8) is 0 Å². The Morgan fingerprint density at radius 2 is 1.55 bits per heavy atom. The van der Waals surface area contributed by atoms with Crippen molar-refractivity contribution < 1.29 is 4.79 Å². The topological polar surface area (TPSA) is 108 Å². The van der Waals surface area contributed by atoms with E-state index in [1.807, 2.05) is 30.5 Å². The first kappa shape index (κ1) is 30.7. The van der Waals surface area contributed by atoms with Crippen LogP contribution in [0.5, 0.6) is 0 Å². The Kier molecular flexibility index (Phi) is 11.5. The Bertz CT molecular complexity index is 1440. The molecule has 42 heavy (non-hydrogen) atoms. The lowest BCUT2D eigenvalue weighted by Gasteiger charge is -2.27. The number of piperidine rings is 1. The van der Waals surface area contributed by atoms with E-state index in [1.165, 1.54) is 27.6 Å². The molecule has 0 unspecified atom stereocenters. The van der Waals surface area contributed by atoms with Crippen molar-refractivity contribution >= 4 is 28.5 Å². The summed E-state index contributed by atoms with van der Waals surface area (Å²) in [4.78, 5) is 17.4. The number of benzene rings is 3. The van der Waals surface area contributed by atoms with Crippen molar-refractivity contribution in [1.82, 2.24) is 20.5 Å². The SMILES string of the molecule is CCc1ccc(CN(C(=N)CCc2ccccc2)C(=N)CNC(=O)C2CCNCC2)cc1.Cc1c[nH]c2ccccc12. The zero-order valence-electron chi connectivity index (χ0n) is 24.9. The molecule has 0 aliphatic carbocycles. The van der Waals surface area contributed by atoms with E-state index in [0.29, 0.717) is 18.8 Å². The number of rotatable bonds is 9. The number of aryl methyl sites for hydroxylation is 3. The van der Waals surface area contributed by atoms with Gasteiger partial charge in [-0.15, -0.1) is 0 Å². The van der Waals surface area contributed by atoms with Gasteiger partial charge in [0.2, 0.25) is 5.91 Å². The summed E-state index contributed by atoms with van der Waals surface area (Å²) in [6, 6.07) is 26.8. The molecule has 5 N–H and O–H groups in total. The molecule has 5 rings (SSSR count). The van der Waals surface area contributed by atoms with Gasteiger partial charge in [0.05, 0.1) is 13.1 Å². The van der Waals surface area contributed by atoms with Crippen LogP contribution in [0.25, 0.3) is 10.9 Å². The first-order valence-corrected chi connectivity index (χ1v) is 15.0. The lowest BCUT2D eigenvalue weighted by molar-refractivity contribution is -0.125. The van der Waals surface area contributed by atoms with E-state index in [9.17, 15) is 4.79 Å². The molecule has 0 bridgehead atoms. The minimum absolute atomic E-state index is 0.0108. The number of amidine groups is 2. The molecule has 7 nitrogen and oxygen atoms in total. The Morgan fingerprint density at radius 3 is 2.24 bits per heavy atom. The highest BCUT2D eigenvalue weighted by Crippen LogP contribution is 2.16. The van der Waals surface area contributed by atoms with Gasteiger partial charge in [0, 0.05) is 29.4 Å². The lowest BCUT2D eigenvalue weighted by Crippen LogP contribution is -2.45. The van der Waals surface area contributed by atoms with E-state index < -0.39 is 0 Å². The van der Waals surface area contributed by atoms with Crippen LogP contribution in [0.3, 0.4) is 0 Å². The third-order valence-corrected chi connectivity index (χ3v) is 7.85. The maximum Gasteiger partial charge on any atom is 0.223 e. The summed E-state index contributed by atoms with van der Waals surface area (Å²) in [7, 11) is 0. The number of hydrogen-bond donors (Lipinski definition) is 5. The molecule has 1 aliphatic heterocycles. The molecule has 1 aliphatic rings. The van der Waals surface area contributed by atoms with Gasteiger partial charge in [-0.1, -0.05) is 79.7 Å². The summed E-state index contributed by atoms with van der Waals surface area (Å²) in [5.41, 5.74) is 6.04. The number of fused-ring (bicyclic) bond motifs is 1. The summed E-state index contributed by atoms with van der Waals surface area (Å²) in [6.45, 7) is 6.56. The number of aromatic amines is 1. The monoisotopic (exact) mass is 564 g/mol. The predicted molar refractivity (Wildman–Crippen MR) is 173 cm³/mol. The van der Waals surface area contributed by atoms with Crippen molar-refractivity contribution in [1.29, 1.82) is 10.8 Å². The maximum absolute atomic E-state index is 12.5. The fourth-order valence-electron chi connectivity index (χ4n) is 5.17. The van der Waals surface area contributed by atoms with Crippen LogP contribution in [0.4, 0.5) is 0 Å². The van der Waals surface area contributed by atoms with Crippen molar-refractivity contribution in [3.8, 4) is 0 Å². The molecule has 1 aromatic heterocycles. The molecule has 220 valence electrons. The van der Waals surface area contributed by atoms with Gasteiger partial charge in [-0.05, 0) is 74.0 Å². The highest BCUT2D eigenvalue weighted by atomic mass is 16.1. The zero-order chi connectivity index (χ0) is 29.7. The molecular formula is C35H44N6O. The highest BCUT2D eigenvalue weighted by Gasteiger charge is 2.22. The molecule has 0 radical (unpaired) electrons. The zero-order valence-corrected chi connectivity index (χ0v) is 24.9. The van der Waals surface area contributed by atoms with Crippen LogP contribution in [0, 0.1) is 23.7 Å². The van der Waals surface area contributed by atoms with Crippen molar-refractivity contribution in [2.45, 2.75) is 52.5 Å². The molecule has 0 saturated carbocycles. The number of carbonyl (C=O) groups is 1. The van der Waals surface area contributed by atoms with Crippen LogP contribution in [0.15, 0.2) is 85.1 Å². The van der Waals surface area contributed by atoms with Gasteiger partial charge in [0.1, 0.15) is 11.7 Å².